The van der Waals surface area contributed by atoms with Gasteiger partial charge in [0, 0.05) is 18.0 Å². The highest BCUT2D eigenvalue weighted by Gasteiger charge is 2.42. The minimum absolute atomic E-state index is 0.0686. The Bertz CT molecular complexity index is 651. The van der Waals surface area contributed by atoms with Gasteiger partial charge in [-0.2, -0.15) is 5.10 Å². The molecule has 0 aliphatic heterocycles. The molecule has 98 valence electrons. The lowest BCUT2D eigenvalue weighted by Gasteiger charge is -2.33. The average molecular weight is 276 g/mol. The maximum Gasteiger partial charge on any atom is 0.192 e. The number of carbonyl (C=O) groups excluding carboxylic acids is 1. The Hall–Kier alpha value is -1.68. The average Bonchev–Trinajstić information content (AvgIpc) is 2.87. The third kappa shape index (κ3) is 1.78. The maximum absolute atomic E-state index is 12.8. The van der Waals surface area contributed by atoms with Gasteiger partial charge in [-0.3, -0.25) is 9.48 Å². The second-order valence-electron chi connectivity index (χ2n) is 5.14. The van der Waals surface area contributed by atoms with E-state index in [-0.39, 0.29) is 5.78 Å². The Balaban J connectivity index is 2.15. The number of hydrogen-bond acceptors (Lipinski definition) is 3. The predicted molar refractivity (Wildman–Crippen MR) is 72.5 cm³/mol. The SMILES string of the molecule is Cc1cc(Cl)nc2c1C(=O)C(C)(n1cccn1)CC2. The van der Waals surface area contributed by atoms with E-state index in [9.17, 15) is 4.79 Å². The van der Waals surface area contributed by atoms with Gasteiger partial charge in [0.2, 0.25) is 0 Å². The van der Waals surface area contributed by atoms with Crippen LogP contribution in [0.1, 0.15) is 35.0 Å². The number of hydrogen-bond donors (Lipinski definition) is 0. The van der Waals surface area contributed by atoms with Crippen LogP contribution in [0.3, 0.4) is 0 Å². The van der Waals surface area contributed by atoms with Crippen molar-refractivity contribution in [2.24, 2.45) is 0 Å². The number of pyridine rings is 1. The van der Waals surface area contributed by atoms with Gasteiger partial charge < -0.3 is 0 Å². The fourth-order valence-corrected chi connectivity index (χ4v) is 2.98. The van der Waals surface area contributed by atoms with E-state index in [4.69, 9.17) is 11.6 Å². The van der Waals surface area contributed by atoms with E-state index >= 15 is 0 Å². The molecule has 2 aromatic heterocycles. The molecule has 1 atom stereocenters. The Labute approximate surface area is 116 Å². The molecule has 0 spiro atoms. The quantitative estimate of drug-likeness (QED) is 0.752. The maximum atomic E-state index is 12.8. The fraction of sp³-hybridized carbons (Fsp3) is 0.357. The molecule has 4 nitrogen and oxygen atoms in total. The standard InChI is InChI=1S/C14H14ClN3O/c1-9-8-11(15)17-10-4-5-14(2,13(19)12(9)10)18-7-3-6-16-18/h3,6-8H,4-5H2,1-2H3. The monoisotopic (exact) mass is 275 g/mol. The Kier molecular flexibility index (Phi) is 2.71. The molecule has 2 aromatic rings. The zero-order valence-electron chi connectivity index (χ0n) is 10.9. The number of nitrogens with zero attached hydrogens (tertiary/aromatic N) is 3. The number of aryl methyl sites for hydroxylation is 2. The van der Waals surface area contributed by atoms with Gasteiger partial charge in [0.1, 0.15) is 10.7 Å². The van der Waals surface area contributed by atoms with Crippen LogP contribution in [0.4, 0.5) is 0 Å². The lowest BCUT2D eigenvalue weighted by Crippen LogP contribution is -2.43. The van der Waals surface area contributed by atoms with Crippen LogP contribution in [0, 0.1) is 6.92 Å². The van der Waals surface area contributed by atoms with E-state index in [0.29, 0.717) is 17.1 Å². The second kappa shape index (κ2) is 4.17. The Morgan fingerprint density at radius 1 is 1.47 bits per heavy atom. The molecule has 0 fully saturated rings. The predicted octanol–water partition coefficient (Wildman–Crippen LogP) is 2.78. The first-order valence-corrected chi connectivity index (χ1v) is 6.61. The van der Waals surface area contributed by atoms with Crippen molar-refractivity contribution >= 4 is 17.4 Å². The largest absolute Gasteiger partial charge is 0.291 e. The van der Waals surface area contributed by atoms with Gasteiger partial charge in [-0.25, -0.2) is 4.98 Å². The first-order valence-electron chi connectivity index (χ1n) is 6.23. The summed E-state index contributed by atoms with van der Waals surface area (Å²) >= 11 is 5.96. The minimum atomic E-state index is -0.628. The summed E-state index contributed by atoms with van der Waals surface area (Å²) in [6.07, 6.45) is 4.95. The summed E-state index contributed by atoms with van der Waals surface area (Å²) in [5.41, 5.74) is 1.77. The van der Waals surface area contributed by atoms with E-state index in [2.05, 4.69) is 10.1 Å². The number of carbonyl (C=O) groups is 1. The van der Waals surface area contributed by atoms with Crippen molar-refractivity contribution in [3.8, 4) is 0 Å². The number of ketones is 1. The van der Waals surface area contributed by atoms with Gasteiger partial charge in [-0.15, -0.1) is 0 Å². The zero-order valence-corrected chi connectivity index (χ0v) is 11.6. The lowest BCUT2D eigenvalue weighted by molar-refractivity contribution is 0.0776. The minimum Gasteiger partial charge on any atom is -0.291 e. The lowest BCUT2D eigenvalue weighted by atomic mass is 9.78. The van der Waals surface area contributed by atoms with Crippen LogP contribution < -0.4 is 0 Å². The molecule has 0 radical (unpaired) electrons. The molecule has 0 amide bonds. The first kappa shape index (κ1) is 12.4. The summed E-state index contributed by atoms with van der Waals surface area (Å²) < 4.78 is 1.74. The van der Waals surface area contributed by atoms with Crippen LogP contribution in [0.15, 0.2) is 24.5 Å². The summed E-state index contributed by atoms with van der Waals surface area (Å²) in [6.45, 7) is 3.83. The molecule has 5 heteroatoms. The highest BCUT2D eigenvalue weighted by atomic mass is 35.5. The topological polar surface area (TPSA) is 47.8 Å². The molecule has 0 bridgehead atoms. The highest BCUT2D eigenvalue weighted by Crippen LogP contribution is 2.35. The van der Waals surface area contributed by atoms with Gasteiger partial charge in [0.15, 0.2) is 5.78 Å². The van der Waals surface area contributed by atoms with E-state index < -0.39 is 5.54 Å². The van der Waals surface area contributed by atoms with Gasteiger partial charge in [-0.05, 0) is 44.4 Å². The van der Waals surface area contributed by atoms with Crippen LogP contribution in [0.5, 0.6) is 0 Å². The summed E-state index contributed by atoms with van der Waals surface area (Å²) in [5.74, 6) is 0.0686. The van der Waals surface area contributed by atoms with Crippen LogP contribution in [-0.2, 0) is 12.0 Å². The molecule has 3 rings (SSSR count). The van der Waals surface area contributed by atoms with Crippen molar-refractivity contribution in [3.05, 3.63) is 46.5 Å². The summed E-state index contributed by atoms with van der Waals surface area (Å²) in [5, 5.41) is 4.68. The molecular formula is C14H14ClN3O. The van der Waals surface area contributed by atoms with Crippen LogP contribution in [0.2, 0.25) is 5.15 Å². The van der Waals surface area contributed by atoms with Gasteiger partial charge in [0.25, 0.3) is 0 Å². The zero-order chi connectivity index (χ0) is 13.6. The third-order valence-electron chi connectivity index (χ3n) is 3.84. The van der Waals surface area contributed by atoms with Crippen molar-refractivity contribution < 1.29 is 4.79 Å². The molecule has 0 saturated heterocycles. The van der Waals surface area contributed by atoms with Crippen molar-refractivity contribution in [1.82, 2.24) is 14.8 Å². The second-order valence-corrected chi connectivity index (χ2v) is 5.52. The van der Waals surface area contributed by atoms with Crippen LogP contribution in [-0.4, -0.2) is 20.5 Å². The van der Waals surface area contributed by atoms with Crippen molar-refractivity contribution in [2.45, 2.75) is 32.2 Å². The van der Waals surface area contributed by atoms with Crippen molar-refractivity contribution in [1.29, 1.82) is 0 Å². The first-order chi connectivity index (χ1) is 9.02. The molecular weight excluding hydrogens is 262 g/mol. The molecule has 1 unspecified atom stereocenters. The van der Waals surface area contributed by atoms with E-state index in [1.807, 2.05) is 26.1 Å². The van der Waals surface area contributed by atoms with Gasteiger partial charge >= 0.3 is 0 Å². The molecule has 19 heavy (non-hydrogen) atoms. The van der Waals surface area contributed by atoms with Gasteiger partial charge in [-0.1, -0.05) is 11.6 Å². The number of rotatable bonds is 1. The number of aromatic nitrogens is 3. The Morgan fingerprint density at radius 2 is 2.26 bits per heavy atom. The van der Waals surface area contributed by atoms with Crippen LogP contribution >= 0.6 is 11.6 Å². The number of halogens is 1. The van der Waals surface area contributed by atoms with E-state index in [0.717, 1.165) is 17.7 Å². The molecule has 1 aliphatic carbocycles. The molecule has 2 heterocycles. The van der Waals surface area contributed by atoms with Crippen LogP contribution in [0.25, 0.3) is 0 Å². The smallest absolute Gasteiger partial charge is 0.192 e. The molecule has 0 aromatic carbocycles. The summed E-state index contributed by atoms with van der Waals surface area (Å²) in [7, 11) is 0. The van der Waals surface area contributed by atoms with E-state index in [1.54, 1.807) is 16.9 Å². The molecule has 0 saturated carbocycles. The van der Waals surface area contributed by atoms with E-state index in [1.165, 1.54) is 0 Å². The molecule has 1 aliphatic rings. The summed E-state index contributed by atoms with van der Waals surface area (Å²) in [4.78, 5) is 17.1. The van der Waals surface area contributed by atoms with Gasteiger partial charge in [0.05, 0.1) is 5.69 Å². The molecule has 0 N–H and O–H groups in total. The number of fused-ring (bicyclic) bond motifs is 1. The van der Waals surface area contributed by atoms with Crippen molar-refractivity contribution in [2.75, 3.05) is 0 Å². The third-order valence-corrected chi connectivity index (χ3v) is 4.03. The van der Waals surface area contributed by atoms with Crippen molar-refractivity contribution in [3.63, 3.8) is 0 Å². The normalized spacial score (nSPS) is 22.4. The highest BCUT2D eigenvalue weighted by molar-refractivity contribution is 6.29. The fourth-order valence-electron chi connectivity index (χ4n) is 2.71. The Morgan fingerprint density at radius 3 is 2.95 bits per heavy atom. The summed E-state index contributed by atoms with van der Waals surface area (Å²) in [6, 6.07) is 3.58. The number of Topliss-reactive ketones (excluding diaryl/α,β-unsaturated/α-hetero) is 1.